The standard InChI is InChI=1S/C21H30BrN5O/c1-5-23-20(25-13-19-24-12-18(28-19)21(2,3)4)26-15-10-11-27(14-15)17-9-7-6-8-16(17)22/h6-9,12,15H,5,10-11,13-14H2,1-4H3,(H2,23,25,26). The van der Waals surface area contributed by atoms with Crippen LogP contribution >= 0.6 is 15.9 Å². The third kappa shape index (κ3) is 5.28. The van der Waals surface area contributed by atoms with Gasteiger partial charge in [0.1, 0.15) is 12.3 Å². The van der Waals surface area contributed by atoms with Gasteiger partial charge < -0.3 is 20.0 Å². The fraction of sp³-hybridized carbons (Fsp3) is 0.524. The summed E-state index contributed by atoms with van der Waals surface area (Å²) in [6.07, 6.45) is 2.87. The maximum absolute atomic E-state index is 5.85. The van der Waals surface area contributed by atoms with Gasteiger partial charge in [-0.2, -0.15) is 0 Å². The average molecular weight is 448 g/mol. The summed E-state index contributed by atoms with van der Waals surface area (Å²) >= 11 is 3.65. The van der Waals surface area contributed by atoms with E-state index in [1.807, 2.05) is 6.07 Å². The number of benzene rings is 1. The highest BCUT2D eigenvalue weighted by atomic mass is 79.9. The summed E-state index contributed by atoms with van der Waals surface area (Å²) in [7, 11) is 0. The first kappa shape index (κ1) is 20.7. The van der Waals surface area contributed by atoms with Gasteiger partial charge in [0, 0.05) is 35.6 Å². The van der Waals surface area contributed by atoms with E-state index in [9.17, 15) is 0 Å². The normalized spacial score (nSPS) is 17.8. The lowest BCUT2D eigenvalue weighted by molar-refractivity contribution is 0.383. The van der Waals surface area contributed by atoms with E-state index in [1.54, 1.807) is 6.20 Å². The molecule has 0 saturated carbocycles. The second-order valence-corrected chi connectivity index (χ2v) is 8.95. The van der Waals surface area contributed by atoms with E-state index in [1.165, 1.54) is 5.69 Å². The highest BCUT2D eigenvalue weighted by molar-refractivity contribution is 9.10. The van der Waals surface area contributed by atoms with Crippen LogP contribution in [-0.2, 0) is 12.0 Å². The number of guanidine groups is 1. The summed E-state index contributed by atoms with van der Waals surface area (Å²) in [4.78, 5) is 11.4. The van der Waals surface area contributed by atoms with Crippen molar-refractivity contribution < 1.29 is 4.42 Å². The minimum absolute atomic E-state index is 0.0449. The van der Waals surface area contributed by atoms with Gasteiger partial charge in [0.2, 0.25) is 5.89 Å². The van der Waals surface area contributed by atoms with E-state index in [4.69, 9.17) is 4.42 Å². The zero-order chi connectivity index (χ0) is 20.1. The molecule has 0 amide bonds. The number of aliphatic imine (C=N–C) groups is 1. The number of hydrogen-bond donors (Lipinski definition) is 2. The Morgan fingerprint density at radius 3 is 2.82 bits per heavy atom. The second-order valence-electron chi connectivity index (χ2n) is 8.09. The van der Waals surface area contributed by atoms with Crippen LogP contribution in [0.15, 0.2) is 44.3 Å². The molecule has 0 bridgehead atoms. The Morgan fingerprint density at radius 1 is 1.36 bits per heavy atom. The molecule has 2 N–H and O–H groups in total. The predicted molar refractivity (Wildman–Crippen MR) is 118 cm³/mol. The molecule has 1 atom stereocenters. The van der Waals surface area contributed by atoms with Crippen LogP contribution in [0.25, 0.3) is 0 Å². The Morgan fingerprint density at radius 2 is 2.14 bits per heavy atom. The smallest absolute Gasteiger partial charge is 0.216 e. The lowest BCUT2D eigenvalue weighted by atomic mass is 9.94. The van der Waals surface area contributed by atoms with Crippen LogP contribution in [0.3, 0.4) is 0 Å². The van der Waals surface area contributed by atoms with Crippen LogP contribution in [0.1, 0.15) is 45.8 Å². The van der Waals surface area contributed by atoms with Crippen LogP contribution < -0.4 is 15.5 Å². The summed E-state index contributed by atoms with van der Waals surface area (Å²) in [5, 5.41) is 6.88. The topological polar surface area (TPSA) is 65.7 Å². The molecule has 1 aliphatic rings. The number of aromatic nitrogens is 1. The molecule has 6 nitrogen and oxygen atoms in total. The van der Waals surface area contributed by atoms with Gasteiger partial charge in [-0.1, -0.05) is 32.9 Å². The molecule has 1 fully saturated rings. The number of halogens is 1. The van der Waals surface area contributed by atoms with Crippen molar-refractivity contribution in [1.82, 2.24) is 15.6 Å². The van der Waals surface area contributed by atoms with Crippen LogP contribution in [-0.4, -0.2) is 36.6 Å². The monoisotopic (exact) mass is 447 g/mol. The molecule has 1 aromatic heterocycles. The average Bonchev–Trinajstić information content (AvgIpc) is 3.29. The number of anilines is 1. The first-order valence-electron chi connectivity index (χ1n) is 9.86. The van der Waals surface area contributed by atoms with Crippen molar-refractivity contribution in [1.29, 1.82) is 0 Å². The van der Waals surface area contributed by atoms with Gasteiger partial charge in [0.05, 0.1) is 11.9 Å². The highest BCUT2D eigenvalue weighted by Gasteiger charge is 2.24. The van der Waals surface area contributed by atoms with Gasteiger partial charge in [0.15, 0.2) is 5.96 Å². The van der Waals surface area contributed by atoms with Crippen molar-refractivity contribution in [3.05, 3.63) is 46.6 Å². The Bertz CT molecular complexity index is 811. The van der Waals surface area contributed by atoms with E-state index in [0.717, 1.165) is 42.2 Å². The number of para-hydroxylation sites is 1. The van der Waals surface area contributed by atoms with Gasteiger partial charge in [-0.25, -0.2) is 9.98 Å². The number of nitrogens with zero attached hydrogens (tertiary/aromatic N) is 3. The molecule has 1 unspecified atom stereocenters. The van der Waals surface area contributed by atoms with E-state index < -0.39 is 0 Å². The Balaban J connectivity index is 1.61. The second kappa shape index (κ2) is 8.99. The van der Waals surface area contributed by atoms with Gasteiger partial charge in [-0.05, 0) is 41.4 Å². The summed E-state index contributed by atoms with van der Waals surface area (Å²) < 4.78 is 6.98. The fourth-order valence-corrected chi connectivity index (χ4v) is 3.73. The zero-order valence-corrected chi connectivity index (χ0v) is 18.7. The van der Waals surface area contributed by atoms with Crippen molar-refractivity contribution in [3.8, 4) is 0 Å². The third-order valence-corrected chi connectivity index (χ3v) is 5.40. The molecule has 3 rings (SSSR count). The molecule has 7 heteroatoms. The lowest BCUT2D eigenvalue weighted by Gasteiger charge is -2.21. The summed E-state index contributed by atoms with van der Waals surface area (Å²) in [6.45, 7) is 11.6. The van der Waals surface area contributed by atoms with Crippen molar-refractivity contribution in [2.75, 3.05) is 24.5 Å². The SMILES string of the molecule is CCNC(=NCc1ncc(C(C)(C)C)o1)NC1CCN(c2ccccc2Br)C1. The molecule has 0 aliphatic carbocycles. The molecule has 28 heavy (non-hydrogen) atoms. The largest absolute Gasteiger partial charge is 0.443 e. The predicted octanol–water partition coefficient (Wildman–Crippen LogP) is 4.07. The van der Waals surface area contributed by atoms with Gasteiger partial charge in [-0.3, -0.25) is 0 Å². The molecule has 0 spiro atoms. The Hall–Kier alpha value is -2.02. The van der Waals surface area contributed by atoms with E-state index in [-0.39, 0.29) is 5.41 Å². The van der Waals surface area contributed by atoms with Crippen LogP contribution in [0.4, 0.5) is 5.69 Å². The van der Waals surface area contributed by atoms with Crippen LogP contribution in [0, 0.1) is 0 Å². The molecular formula is C21H30BrN5O. The molecule has 2 aromatic rings. The minimum atomic E-state index is -0.0449. The maximum Gasteiger partial charge on any atom is 0.216 e. The van der Waals surface area contributed by atoms with Crippen molar-refractivity contribution in [3.63, 3.8) is 0 Å². The molecule has 1 aromatic carbocycles. The number of oxazole rings is 1. The lowest BCUT2D eigenvalue weighted by Crippen LogP contribution is -2.44. The quantitative estimate of drug-likeness (QED) is 0.534. The summed E-state index contributed by atoms with van der Waals surface area (Å²) in [6, 6.07) is 8.71. The molecular weight excluding hydrogens is 418 g/mol. The number of nitrogens with one attached hydrogen (secondary N) is 2. The first-order valence-corrected chi connectivity index (χ1v) is 10.7. The van der Waals surface area contributed by atoms with E-state index >= 15 is 0 Å². The fourth-order valence-electron chi connectivity index (χ4n) is 3.20. The van der Waals surface area contributed by atoms with Crippen molar-refractivity contribution >= 4 is 27.6 Å². The molecule has 2 heterocycles. The molecule has 152 valence electrons. The van der Waals surface area contributed by atoms with Gasteiger partial charge in [-0.15, -0.1) is 0 Å². The zero-order valence-electron chi connectivity index (χ0n) is 17.1. The minimum Gasteiger partial charge on any atom is -0.443 e. The maximum atomic E-state index is 5.85. The molecule has 1 saturated heterocycles. The van der Waals surface area contributed by atoms with E-state index in [2.05, 4.69) is 87.3 Å². The molecule has 1 aliphatic heterocycles. The third-order valence-electron chi connectivity index (χ3n) is 4.73. The van der Waals surface area contributed by atoms with E-state index in [0.29, 0.717) is 18.5 Å². The Kier molecular flexibility index (Phi) is 6.65. The van der Waals surface area contributed by atoms with Crippen molar-refractivity contribution in [2.24, 2.45) is 4.99 Å². The highest BCUT2D eigenvalue weighted by Crippen LogP contribution is 2.28. The number of rotatable bonds is 5. The molecule has 0 radical (unpaired) electrons. The van der Waals surface area contributed by atoms with Gasteiger partial charge >= 0.3 is 0 Å². The number of hydrogen-bond acceptors (Lipinski definition) is 4. The van der Waals surface area contributed by atoms with Crippen molar-refractivity contribution in [2.45, 2.75) is 52.1 Å². The Labute approximate surface area is 175 Å². The van der Waals surface area contributed by atoms with Crippen LogP contribution in [0.5, 0.6) is 0 Å². The van der Waals surface area contributed by atoms with Gasteiger partial charge in [0.25, 0.3) is 0 Å². The first-order chi connectivity index (χ1) is 13.4. The van der Waals surface area contributed by atoms with Crippen LogP contribution in [0.2, 0.25) is 0 Å². The summed E-state index contributed by atoms with van der Waals surface area (Å²) in [5.74, 6) is 2.33. The summed E-state index contributed by atoms with van der Waals surface area (Å²) in [5.41, 5.74) is 1.19.